The van der Waals surface area contributed by atoms with Crippen molar-refractivity contribution in [2.45, 2.75) is 19.9 Å². The minimum absolute atomic E-state index is 0.174. The molecule has 3 aromatic rings. The van der Waals surface area contributed by atoms with Gasteiger partial charge in [-0.2, -0.15) is 0 Å². The molecule has 2 aromatic heterocycles. The molecule has 2 heterocycles. The first kappa shape index (κ1) is 17.0. The van der Waals surface area contributed by atoms with E-state index in [-0.39, 0.29) is 12.1 Å². The third-order valence-corrected chi connectivity index (χ3v) is 4.30. The summed E-state index contributed by atoms with van der Waals surface area (Å²) in [6.07, 6.45) is 1.60. The average molecular weight is 360 g/mol. The Morgan fingerprint density at radius 3 is 2.88 bits per heavy atom. The zero-order chi connectivity index (χ0) is 18.0. The van der Waals surface area contributed by atoms with Gasteiger partial charge in [0.15, 0.2) is 0 Å². The number of methoxy groups -OCH3 is 1. The minimum atomic E-state index is -0.349. The fourth-order valence-corrected chi connectivity index (χ4v) is 2.60. The molecule has 0 fully saturated rings. The molecule has 3 rings (SSSR count). The number of benzene rings is 1. The highest BCUT2D eigenvalue weighted by Crippen LogP contribution is 2.23. The van der Waals surface area contributed by atoms with Crippen molar-refractivity contribution in [3.05, 3.63) is 46.6 Å². The van der Waals surface area contributed by atoms with Crippen molar-refractivity contribution < 1.29 is 9.53 Å². The summed E-state index contributed by atoms with van der Waals surface area (Å²) in [6.45, 7) is 3.83. The Morgan fingerprint density at radius 2 is 2.16 bits per heavy atom. The van der Waals surface area contributed by atoms with Gasteiger partial charge in [0.05, 0.1) is 24.1 Å². The van der Waals surface area contributed by atoms with E-state index in [0.29, 0.717) is 16.7 Å². The number of anilines is 1. The van der Waals surface area contributed by atoms with Crippen LogP contribution >= 0.6 is 11.6 Å². The van der Waals surface area contributed by atoms with E-state index in [0.717, 1.165) is 22.0 Å². The zero-order valence-corrected chi connectivity index (χ0v) is 14.8. The number of rotatable bonds is 4. The number of pyridine rings is 1. The summed E-state index contributed by atoms with van der Waals surface area (Å²) in [7, 11) is 1.54. The van der Waals surface area contributed by atoms with E-state index in [9.17, 15) is 4.79 Å². The second-order valence-corrected chi connectivity index (χ2v) is 6.08. The number of nitrogens with zero attached hydrogens (tertiary/aromatic N) is 2. The highest BCUT2D eigenvalue weighted by molar-refractivity contribution is 6.31. The van der Waals surface area contributed by atoms with Gasteiger partial charge in [0.2, 0.25) is 5.88 Å². The topological polar surface area (TPSA) is 91.9 Å². The monoisotopic (exact) mass is 359 g/mol. The first-order valence-electron chi connectivity index (χ1n) is 7.69. The summed E-state index contributed by atoms with van der Waals surface area (Å²) in [6, 6.07) is 6.84. The lowest BCUT2D eigenvalue weighted by molar-refractivity contribution is 0.249. The molecule has 0 unspecified atom stereocenters. The highest BCUT2D eigenvalue weighted by atomic mass is 35.5. The maximum atomic E-state index is 12.2. The molecule has 1 aromatic carbocycles. The Balaban J connectivity index is 1.68. The van der Waals surface area contributed by atoms with Crippen LogP contribution in [0.2, 0.25) is 5.02 Å². The van der Waals surface area contributed by atoms with E-state index >= 15 is 0 Å². The van der Waals surface area contributed by atoms with Crippen molar-refractivity contribution in [2.75, 3.05) is 12.4 Å². The first-order chi connectivity index (χ1) is 12.0. The number of amides is 2. The summed E-state index contributed by atoms with van der Waals surface area (Å²) in [5, 5.41) is 13.9. The van der Waals surface area contributed by atoms with E-state index in [1.807, 2.05) is 32.0 Å². The number of hydrogen-bond donors (Lipinski definition) is 3. The summed E-state index contributed by atoms with van der Waals surface area (Å²) >= 11 is 6.03. The summed E-state index contributed by atoms with van der Waals surface area (Å²) in [5.41, 5.74) is 2.66. The van der Waals surface area contributed by atoms with Gasteiger partial charge in [-0.3, -0.25) is 10.4 Å². The third kappa shape index (κ3) is 3.66. The number of nitrogens with one attached hydrogen (secondary N) is 3. The number of ether oxygens (including phenoxy) is 1. The number of urea groups is 1. The van der Waals surface area contributed by atoms with Crippen molar-refractivity contribution in [3.8, 4) is 5.88 Å². The lowest BCUT2D eigenvalue weighted by atomic mass is 10.1. The Labute approximate surface area is 149 Å². The molecule has 130 valence electrons. The highest BCUT2D eigenvalue weighted by Gasteiger charge is 2.12. The predicted octanol–water partition coefficient (Wildman–Crippen LogP) is 3.81. The summed E-state index contributed by atoms with van der Waals surface area (Å²) in [5.74, 6) is 0.876. The molecule has 25 heavy (non-hydrogen) atoms. The molecule has 0 aliphatic carbocycles. The van der Waals surface area contributed by atoms with Gasteiger partial charge in [-0.1, -0.05) is 23.7 Å². The number of H-pyrrole nitrogens is 1. The normalized spacial score (nSPS) is 12.0. The molecule has 0 aliphatic heterocycles. The summed E-state index contributed by atoms with van der Waals surface area (Å²) < 4.78 is 5.12. The van der Waals surface area contributed by atoms with Gasteiger partial charge in [0.1, 0.15) is 5.82 Å². The Morgan fingerprint density at radius 1 is 1.36 bits per heavy atom. The van der Waals surface area contributed by atoms with Gasteiger partial charge in [0.25, 0.3) is 0 Å². The number of fused-ring (bicyclic) bond motifs is 1. The molecule has 0 saturated heterocycles. The van der Waals surface area contributed by atoms with Crippen LogP contribution in [0.25, 0.3) is 10.9 Å². The average Bonchev–Trinajstić information content (AvgIpc) is 2.99. The Bertz CT molecular complexity index is 925. The van der Waals surface area contributed by atoms with Gasteiger partial charge in [-0.05, 0) is 31.0 Å². The standard InChI is InChI=1S/C17H18ClN5O2/c1-9-6-11(4-5-13(9)18)10(2)20-17(24)21-15-7-14-12(8-19-15)16(25-3)23-22-14/h4-8,10H,1-3H3,(H,22,23)(H2,19,20,21,24)/t10-/m1/s1. The molecular formula is C17H18ClN5O2. The lowest BCUT2D eigenvalue weighted by Crippen LogP contribution is -2.31. The zero-order valence-electron chi connectivity index (χ0n) is 14.1. The van der Waals surface area contributed by atoms with Crippen LogP contribution in [0.5, 0.6) is 5.88 Å². The molecule has 8 heteroatoms. The molecule has 0 spiro atoms. The van der Waals surface area contributed by atoms with E-state index in [4.69, 9.17) is 16.3 Å². The van der Waals surface area contributed by atoms with Crippen LogP contribution in [0, 0.1) is 6.92 Å². The number of aromatic nitrogens is 3. The van der Waals surface area contributed by atoms with Crippen molar-refractivity contribution in [3.63, 3.8) is 0 Å². The number of hydrogen-bond acceptors (Lipinski definition) is 4. The molecule has 0 radical (unpaired) electrons. The van der Waals surface area contributed by atoms with Crippen LogP contribution in [-0.2, 0) is 0 Å². The number of carbonyl (C=O) groups is 1. The molecule has 0 aliphatic rings. The smallest absolute Gasteiger partial charge is 0.320 e. The fourth-order valence-electron chi connectivity index (χ4n) is 2.48. The largest absolute Gasteiger partial charge is 0.479 e. The molecule has 2 amide bonds. The van der Waals surface area contributed by atoms with Gasteiger partial charge in [0, 0.05) is 17.3 Å². The van der Waals surface area contributed by atoms with E-state index in [1.54, 1.807) is 12.3 Å². The Kier molecular flexibility index (Phi) is 4.76. The minimum Gasteiger partial charge on any atom is -0.479 e. The van der Waals surface area contributed by atoms with Crippen molar-refractivity contribution in [1.29, 1.82) is 0 Å². The van der Waals surface area contributed by atoms with Crippen LogP contribution in [0.4, 0.5) is 10.6 Å². The van der Waals surface area contributed by atoms with E-state index < -0.39 is 0 Å². The maximum absolute atomic E-state index is 12.2. The molecule has 0 saturated carbocycles. The van der Waals surface area contributed by atoms with Crippen molar-refractivity contribution in [1.82, 2.24) is 20.5 Å². The molecule has 1 atom stereocenters. The number of carbonyl (C=O) groups excluding carboxylic acids is 1. The second-order valence-electron chi connectivity index (χ2n) is 5.68. The first-order valence-corrected chi connectivity index (χ1v) is 8.07. The number of halogens is 1. The van der Waals surface area contributed by atoms with Gasteiger partial charge >= 0.3 is 6.03 Å². The maximum Gasteiger partial charge on any atom is 0.320 e. The fraction of sp³-hybridized carbons (Fsp3) is 0.235. The molecule has 0 bridgehead atoms. The molecular weight excluding hydrogens is 342 g/mol. The van der Waals surface area contributed by atoms with E-state index in [2.05, 4.69) is 25.8 Å². The van der Waals surface area contributed by atoms with Gasteiger partial charge in [-0.25, -0.2) is 9.78 Å². The van der Waals surface area contributed by atoms with Crippen LogP contribution in [0.3, 0.4) is 0 Å². The third-order valence-electron chi connectivity index (χ3n) is 3.88. The quantitative estimate of drug-likeness (QED) is 0.660. The van der Waals surface area contributed by atoms with Crippen molar-refractivity contribution in [2.24, 2.45) is 0 Å². The predicted molar refractivity (Wildman–Crippen MR) is 97.2 cm³/mol. The second kappa shape index (κ2) is 6.98. The van der Waals surface area contributed by atoms with Gasteiger partial charge in [-0.15, -0.1) is 5.10 Å². The SMILES string of the molecule is COc1n[nH]c2cc(NC(=O)N[C@H](C)c3ccc(Cl)c(C)c3)ncc12. The van der Waals surface area contributed by atoms with Crippen LogP contribution in [0.15, 0.2) is 30.5 Å². The van der Waals surface area contributed by atoms with Gasteiger partial charge < -0.3 is 10.1 Å². The van der Waals surface area contributed by atoms with Crippen LogP contribution in [0.1, 0.15) is 24.1 Å². The lowest BCUT2D eigenvalue weighted by Gasteiger charge is -2.15. The van der Waals surface area contributed by atoms with Crippen molar-refractivity contribution >= 4 is 34.4 Å². The van der Waals surface area contributed by atoms with Crippen LogP contribution in [-0.4, -0.2) is 28.3 Å². The molecule has 3 N–H and O–H groups in total. The molecule has 7 nitrogen and oxygen atoms in total. The Hall–Kier alpha value is -2.80. The number of aryl methyl sites for hydroxylation is 1. The van der Waals surface area contributed by atoms with Crippen LogP contribution < -0.4 is 15.4 Å². The number of aromatic amines is 1. The van der Waals surface area contributed by atoms with E-state index in [1.165, 1.54) is 7.11 Å². The summed E-state index contributed by atoms with van der Waals surface area (Å²) in [4.78, 5) is 16.4.